The molecule has 1 N–H and O–H groups in total. The van der Waals surface area contributed by atoms with Crippen molar-refractivity contribution in [2.45, 2.75) is 24.9 Å². The molecule has 1 fully saturated rings. The molecule has 0 amide bonds. The molecule has 2 unspecified atom stereocenters. The summed E-state index contributed by atoms with van der Waals surface area (Å²) in [6.45, 7) is 1.46. The molecule has 0 radical (unpaired) electrons. The van der Waals surface area contributed by atoms with Gasteiger partial charge in [0.05, 0.1) is 5.56 Å². The molecule has 104 valence electrons. The average Bonchev–Trinajstić information content (AvgIpc) is 2.40. The summed E-state index contributed by atoms with van der Waals surface area (Å²) in [6.07, 6.45) is -2.09. The molecule has 0 aromatic heterocycles. The van der Waals surface area contributed by atoms with E-state index in [2.05, 4.69) is 5.32 Å². The molecule has 1 heterocycles. The van der Waals surface area contributed by atoms with Crippen molar-refractivity contribution in [3.05, 3.63) is 35.4 Å². The molecule has 19 heavy (non-hydrogen) atoms. The number of benzene rings is 1. The van der Waals surface area contributed by atoms with Gasteiger partial charge in [0.1, 0.15) is 6.29 Å². The van der Waals surface area contributed by atoms with Crippen molar-refractivity contribution in [3.8, 4) is 0 Å². The first kappa shape index (κ1) is 14.1. The quantitative estimate of drug-likeness (QED) is 0.856. The zero-order valence-corrected chi connectivity index (χ0v) is 10.4. The summed E-state index contributed by atoms with van der Waals surface area (Å²) < 4.78 is 38.9. The Kier molecular flexibility index (Phi) is 4.24. The number of carbonyl (C=O) groups is 1. The Hall–Kier alpha value is -1.36. The van der Waals surface area contributed by atoms with Gasteiger partial charge in [-0.15, -0.1) is 0 Å². The third-order valence-corrected chi connectivity index (χ3v) is 3.61. The Morgan fingerprint density at radius 1 is 1.32 bits per heavy atom. The largest absolute Gasteiger partial charge is 0.416 e. The van der Waals surface area contributed by atoms with Crippen LogP contribution in [0.4, 0.5) is 13.2 Å². The molecule has 0 bridgehead atoms. The second kappa shape index (κ2) is 5.74. The van der Waals surface area contributed by atoms with Crippen LogP contribution in [0.5, 0.6) is 0 Å². The standard InChI is InChI=1S/C14H16F3NO/c15-14(16,17)13-6-2-1-5-11(13)12(9-19)10-4-3-7-18-8-10/h1-2,5-6,9-10,12,18H,3-4,7-8H2. The number of aldehydes is 1. The normalized spacial score (nSPS) is 21.9. The smallest absolute Gasteiger partial charge is 0.316 e. The highest BCUT2D eigenvalue weighted by molar-refractivity contribution is 5.64. The van der Waals surface area contributed by atoms with Crippen LogP contribution in [-0.4, -0.2) is 19.4 Å². The van der Waals surface area contributed by atoms with Gasteiger partial charge in [0.15, 0.2) is 0 Å². The Morgan fingerprint density at radius 3 is 2.63 bits per heavy atom. The van der Waals surface area contributed by atoms with Gasteiger partial charge in [0, 0.05) is 5.92 Å². The van der Waals surface area contributed by atoms with Gasteiger partial charge in [-0.25, -0.2) is 0 Å². The Labute approximate surface area is 110 Å². The maximum absolute atomic E-state index is 13.0. The van der Waals surface area contributed by atoms with Crippen molar-refractivity contribution in [2.75, 3.05) is 13.1 Å². The Balaban J connectivity index is 2.35. The predicted octanol–water partition coefficient (Wildman–Crippen LogP) is 2.99. The summed E-state index contributed by atoms with van der Waals surface area (Å²) in [5.74, 6) is -0.750. The van der Waals surface area contributed by atoms with E-state index in [-0.39, 0.29) is 11.5 Å². The number of hydrogen-bond acceptors (Lipinski definition) is 2. The van der Waals surface area contributed by atoms with E-state index < -0.39 is 17.7 Å². The molecule has 0 spiro atoms. The molecular formula is C14H16F3NO. The fraction of sp³-hybridized carbons (Fsp3) is 0.500. The van der Waals surface area contributed by atoms with Crippen LogP contribution in [0.25, 0.3) is 0 Å². The first-order chi connectivity index (χ1) is 9.04. The van der Waals surface area contributed by atoms with Crippen molar-refractivity contribution >= 4 is 6.29 Å². The number of halogens is 3. The molecule has 2 rings (SSSR count). The number of rotatable bonds is 3. The maximum Gasteiger partial charge on any atom is 0.416 e. The lowest BCUT2D eigenvalue weighted by Gasteiger charge is -2.29. The van der Waals surface area contributed by atoms with Crippen LogP contribution in [-0.2, 0) is 11.0 Å². The average molecular weight is 271 g/mol. The first-order valence-corrected chi connectivity index (χ1v) is 6.36. The molecule has 0 aliphatic carbocycles. The third-order valence-electron chi connectivity index (χ3n) is 3.61. The molecule has 1 saturated heterocycles. The van der Waals surface area contributed by atoms with Crippen molar-refractivity contribution in [3.63, 3.8) is 0 Å². The van der Waals surface area contributed by atoms with Gasteiger partial charge >= 0.3 is 6.18 Å². The summed E-state index contributed by atoms with van der Waals surface area (Å²) in [5, 5.41) is 3.14. The zero-order chi connectivity index (χ0) is 13.9. The fourth-order valence-electron chi connectivity index (χ4n) is 2.67. The van der Waals surface area contributed by atoms with Gasteiger partial charge in [-0.1, -0.05) is 18.2 Å². The minimum atomic E-state index is -4.42. The van der Waals surface area contributed by atoms with Crippen LogP contribution < -0.4 is 5.32 Å². The van der Waals surface area contributed by atoms with Crippen LogP contribution in [0, 0.1) is 5.92 Å². The lowest BCUT2D eigenvalue weighted by molar-refractivity contribution is -0.138. The second-order valence-corrected chi connectivity index (χ2v) is 4.85. The summed E-state index contributed by atoms with van der Waals surface area (Å²) >= 11 is 0. The fourth-order valence-corrected chi connectivity index (χ4v) is 2.67. The van der Waals surface area contributed by atoms with E-state index in [0.29, 0.717) is 12.8 Å². The van der Waals surface area contributed by atoms with Gasteiger partial charge in [0.25, 0.3) is 0 Å². The molecule has 5 heteroatoms. The lowest BCUT2D eigenvalue weighted by atomic mass is 9.80. The molecule has 2 nitrogen and oxygen atoms in total. The van der Waals surface area contributed by atoms with E-state index in [9.17, 15) is 18.0 Å². The number of carbonyl (C=O) groups excluding carboxylic acids is 1. The summed E-state index contributed by atoms with van der Waals surface area (Å²) in [7, 11) is 0. The molecular weight excluding hydrogens is 255 g/mol. The first-order valence-electron chi connectivity index (χ1n) is 6.36. The zero-order valence-electron chi connectivity index (χ0n) is 10.4. The topological polar surface area (TPSA) is 29.1 Å². The minimum Gasteiger partial charge on any atom is -0.316 e. The number of hydrogen-bond donors (Lipinski definition) is 1. The maximum atomic E-state index is 13.0. The van der Waals surface area contributed by atoms with E-state index in [4.69, 9.17) is 0 Å². The highest BCUT2D eigenvalue weighted by Crippen LogP contribution is 2.38. The lowest BCUT2D eigenvalue weighted by Crippen LogP contribution is -2.34. The summed E-state index contributed by atoms with van der Waals surface area (Å²) in [5.41, 5.74) is -0.601. The number of alkyl halides is 3. The summed E-state index contributed by atoms with van der Waals surface area (Å²) in [6, 6.07) is 5.36. The van der Waals surface area contributed by atoms with Gasteiger partial charge < -0.3 is 10.1 Å². The van der Waals surface area contributed by atoms with Crippen molar-refractivity contribution in [2.24, 2.45) is 5.92 Å². The SMILES string of the molecule is O=CC(c1ccccc1C(F)(F)F)C1CCCNC1. The Bertz CT molecular complexity index is 439. The minimum absolute atomic E-state index is 0.0604. The van der Waals surface area contributed by atoms with Crippen LogP contribution in [0.15, 0.2) is 24.3 Å². The molecule has 1 aliphatic heterocycles. The molecule has 2 atom stereocenters. The van der Waals surface area contributed by atoms with Crippen LogP contribution in [0.3, 0.4) is 0 Å². The van der Waals surface area contributed by atoms with Gasteiger partial charge in [-0.3, -0.25) is 0 Å². The number of piperidine rings is 1. The highest BCUT2D eigenvalue weighted by Gasteiger charge is 2.36. The molecule has 0 saturated carbocycles. The second-order valence-electron chi connectivity index (χ2n) is 4.85. The van der Waals surface area contributed by atoms with Gasteiger partial charge in [-0.05, 0) is 43.5 Å². The highest BCUT2D eigenvalue weighted by atomic mass is 19.4. The van der Waals surface area contributed by atoms with E-state index in [1.54, 1.807) is 6.07 Å². The van der Waals surface area contributed by atoms with Crippen molar-refractivity contribution in [1.29, 1.82) is 0 Å². The number of nitrogens with one attached hydrogen (secondary N) is 1. The summed E-state index contributed by atoms with van der Waals surface area (Å²) in [4.78, 5) is 11.3. The Morgan fingerprint density at radius 2 is 2.05 bits per heavy atom. The van der Waals surface area contributed by atoms with Crippen molar-refractivity contribution < 1.29 is 18.0 Å². The third kappa shape index (κ3) is 3.15. The van der Waals surface area contributed by atoms with E-state index >= 15 is 0 Å². The monoisotopic (exact) mass is 271 g/mol. The van der Waals surface area contributed by atoms with Crippen LogP contribution in [0.1, 0.15) is 29.9 Å². The molecule has 1 aromatic rings. The van der Waals surface area contributed by atoms with E-state index in [0.717, 1.165) is 25.5 Å². The molecule has 1 aromatic carbocycles. The predicted molar refractivity (Wildman–Crippen MR) is 65.8 cm³/mol. The van der Waals surface area contributed by atoms with Crippen LogP contribution >= 0.6 is 0 Å². The molecule has 1 aliphatic rings. The van der Waals surface area contributed by atoms with E-state index in [1.165, 1.54) is 12.1 Å². The van der Waals surface area contributed by atoms with Crippen molar-refractivity contribution in [1.82, 2.24) is 5.32 Å². The van der Waals surface area contributed by atoms with Gasteiger partial charge in [-0.2, -0.15) is 13.2 Å². The van der Waals surface area contributed by atoms with Gasteiger partial charge in [0.2, 0.25) is 0 Å². The van der Waals surface area contributed by atoms with E-state index in [1.807, 2.05) is 0 Å². The van der Waals surface area contributed by atoms with Crippen LogP contribution in [0.2, 0.25) is 0 Å².